The molecule has 0 spiro atoms. The van der Waals surface area contributed by atoms with E-state index in [4.69, 9.17) is 5.11 Å². The lowest BCUT2D eigenvalue weighted by molar-refractivity contribution is -0.137. The van der Waals surface area contributed by atoms with Crippen LogP contribution in [0.5, 0.6) is 0 Å². The number of hydrogen-bond acceptors (Lipinski definition) is 3. The second kappa shape index (κ2) is 10.7. The van der Waals surface area contributed by atoms with Crippen molar-refractivity contribution in [3.63, 3.8) is 0 Å². The van der Waals surface area contributed by atoms with E-state index in [0.717, 1.165) is 57.8 Å². The number of carboxylic acids is 1. The topological polar surface area (TPSA) is 74.6 Å². The van der Waals surface area contributed by atoms with Gasteiger partial charge in [-0.3, -0.25) is 9.59 Å². The molecule has 4 heteroatoms. The van der Waals surface area contributed by atoms with Gasteiger partial charge in [0, 0.05) is 18.8 Å². The number of carbonyl (C=O) groups is 2. The van der Waals surface area contributed by atoms with Gasteiger partial charge in [0.25, 0.3) is 0 Å². The summed E-state index contributed by atoms with van der Waals surface area (Å²) in [6.07, 6.45) is 14.9. The molecule has 4 nitrogen and oxygen atoms in total. The minimum atomic E-state index is -0.729. The van der Waals surface area contributed by atoms with Crippen LogP contribution in [0.2, 0.25) is 0 Å². The summed E-state index contributed by atoms with van der Waals surface area (Å²) in [6.45, 7) is 0. The Bertz CT molecular complexity index is 463. The van der Waals surface area contributed by atoms with E-state index in [-0.39, 0.29) is 18.4 Å². The zero-order chi connectivity index (χ0) is 18.1. The molecule has 0 aromatic carbocycles. The summed E-state index contributed by atoms with van der Waals surface area (Å²) in [5.41, 5.74) is 1.24. The Morgan fingerprint density at radius 2 is 1.84 bits per heavy atom. The lowest BCUT2D eigenvalue weighted by Crippen LogP contribution is -2.23. The van der Waals surface area contributed by atoms with Crippen LogP contribution in [-0.2, 0) is 9.59 Å². The number of rotatable bonds is 11. The first-order chi connectivity index (χ1) is 12.1. The average Bonchev–Trinajstić information content (AvgIpc) is 2.96. The highest BCUT2D eigenvalue weighted by Gasteiger charge is 2.28. The molecule has 0 radical (unpaired) electrons. The van der Waals surface area contributed by atoms with E-state index in [1.807, 2.05) is 0 Å². The van der Waals surface area contributed by atoms with Gasteiger partial charge < -0.3 is 10.2 Å². The smallest absolute Gasteiger partial charge is 0.303 e. The van der Waals surface area contributed by atoms with Gasteiger partial charge in [-0.15, -0.1) is 0 Å². The molecule has 0 amide bonds. The van der Waals surface area contributed by atoms with Gasteiger partial charge in [0.2, 0.25) is 0 Å². The third-order valence-corrected chi connectivity index (χ3v) is 5.96. The summed E-state index contributed by atoms with van der Waals surface area (Å²) in [5, 5.41) is 19.1. The number of ketones is 1. The minimum absolute atomic E-state index is 0.0537. The molecule has 2 N–H and O–H groups in total. The van der Waals surface area contributed by atoms with E-state index in [0.29, 0.717) is 18.1 Å². The molecule has 0 aromatic rings. The van der Waals surface area contributed by atoms with Crippen LogP contribution in [0.3, 0.4) is 0 Å². The van der Waals surface area contributed by atoms with Crippen molar-refractivity contribution in [3.8, 4) is 0 Å². The normalized spacial score (nSPS) is 22.8. The summed E-state index contributed by atoms with van der Waals surface area (Å²) in [4.78, 5) is 22.6. The van der Waals surface area contributed by atoms with Gasteiger partial charge in [-0.05, 0) is 44.4 Å². The largest absolute Gasteiger partial charge is 0.481 e. The first-order valence-electron chi connectivity index (χ1n) is 10.2. The number of aliphatic hydroxyl groups excluding tert-OH is 1. The van der Waals surface area contributed by atoms with Crippen molar-refractivity contribution < 1.29 is 19.8 Å². The van der Waals surface area contributed by atoms with Crippen molar-refractivity contribution in [2.75, 3.05) is 0 Å². The second-order valence-corrected chi connectivity index (χ2v) is 7.85. The highest BCUT2D eigenvalue weighted by molar-refractivity contribution is 5.88. The molecule has 2 aliphatic rings. The van der Waals surface area contributed by atoms with Gasteiger partial charge in [-0.25, -0.2) is 0 Å². The Morgan fingerprint density at radius 1 is 1.12 bits per heavy atom. The summed E-state index contributed by atoms with van der Waals surface area (Å²) in [7, 11) is 0. The summed E-state index contributed by atoms with van der Waals surface area (Å²) < 4.78 is 0. The number of hydrogen-bond donors (Lipinski definition) is 2. The molecule has 0 unspecified atom stereocenters. The monoisotopic (exact) mass is 350 g/mol. The third kappa shape index (κ3) is 6.93. The maximum Gasteiger partial charge on any atom is 0.303 e. The van der Waals surface area contributed by atoms with E-state index in [2.05, 4.69) is 6.08 Å². The summed E-state index contributed by atoms with van der Waals surface area (Å²) >= 11 is 0. The lowest BCUT2D eigenvalue weighted by atomic mass is 9.82. The van der Waals surface area contributed by atoms with Gasteiger partial charge in [-0.1, -0.05) is 50.2 Å². The average molecular weight is 350 g/mol. The fourth-order valence-corrected chi connectivity index (χ4v) is 4.39. The van der Waals surface area contributed by atoms with Gasteiger partial charge in [-0.2, -0.15) is 0 Å². The second-order valence-electron chi connectivity index (χ2n) is 7.85. The standard InChI is InChI=1S/C21H34O4/c22-19(17-8-4-3-5-9-17)14-12-16-13-15-20(23)18(16)10-6-1-2-7-11-21(24)25/h13,17-19,22H,1-12,14-15H2,(H,24,25)/t18-,19+/m1/s1. The van der Waals surface area contributed by atoms with Gasteiger partial charge >= 0.3 is 5.97 Å². The molecular weight excluding hydrogens is 316 g/mol. The fourth-order valence-electron chi connectivity index (χ4n) is 4.39. The molecule has 0 heterocycles. The minimum Gasteiger partial charge on any atom is -0.481 e. The maximum atomic E-state index is 12.1. The number of allylic oxidation sites excluding steroid dienone is 2. The number of Topliss-reactive ketones (excluding diaryl/α,β-unsaturated/α-hetero) is 1. The number of aliphatic carboxylic acids is 1. The Hall–Kier alpha value is -1.16. The Balaban J connectivity index is 1.66. The van der Waals surface area contributed by atoms with Gasteiger partial charge in [0.15, 0.2) is 0 Å². The molecule has 2 atom stereocenters. The van der Waals surface area contributed by atoms with Crippen LogP contribution in [0.4, 0.5) is 0 Å². The van der Waals surface area contributed by atoms with Crippen molar-refractivity contribution in [3.05, 3.63) is 11.6 Å². The molecule has 0 aromatic heterocycles. The molecule has 0 saturated heterocycles. The van der Waals surface area contributed by atoms with Crippen LogP contribution < -0.4 is 0 Å². The Morgan fingerprint density at radius 3 is 2.56 bits per heavy atom. The van der Waals surface area contributed by atoms with E-state index >= 15 is 0 Å². The molecule has 25 heavy (non-hydrogen) atoms. The Kier molecular flexibility index (Phi) is 8.66. The number of unbranched alkanes of at least 4 members (excludes halogenated alkanes) is 3. The number of carbonyl (C=O) groups excluding carboxylic acids is 1. The first kappa shape index (κ1) is 20.2. The van der Waals surface area contributed by atoms with Crippen LogP contribution in [0.25, 0.3) is 0 Å². The summed E-state index contributed by atoms with van der Waals surface area (Å²) in [5.74, 6) is 0.109. The number of aliphatic hydroxyl groups is 1. The zero-order valence-electron chi connectivity index (χ0n) is 15.4. The predicted molar refractivity (Wildman–Crippen MR) is 98.4 cm³/mol. The van der Waals surface area contributed by atoms with E-state index in [1.165, 1.54) is 24.8 Å². The van der Waals surface area contributed by atoms with Crippen molar-refractivity contribution in [2.45, 2.75) is 96.0 Å². The molecule has 142 valence electrons. The van der Waals surface area contributed by atoms with Crippen LogP contribution in [-0.4, -0.2) is 28.1 Å². The maximum absolute atomic E-state index is 12.1. The van der Waals surface area contributed by atoms with Gasteiger partial charge in [0.1, 0.15) is 5.78 Å². The van der Waals surface area contributed by atoms with Crippen LogP contribution in [0, 0.1) is 11.8 Å². The van der Waals surface area contributed by atoms with Crippen molar-refractivity contribution in [1.29, 1.82) is 0 Å². The van der Waals surface area contributed by atoms with E-state index in [1.54, 1.807) is 0 Å². The molecule has 1 fully saturated rings. The SMILES string of the molecule is O=C(O)CCCCCC[C@H]1C(=O)CC=C1CC[C@H](O)C1CCCCC1. The molecule has 2 aliphatic carbocycles. The van der Waals surface area contributed by atoms with E-state index < -0.39 is 5.97 Å². The molecule has 2 rings (SSSR count). The zero-order valence-corrected chi connectivity index (χ0v) is 15.4. The predicted octanol–water partition coefficient (Wildman–Crippen LogP) is 4.65. The lowest BCUT2D eigenvalue weighted by Gasteiger charge is -2.27. The molecular formula is C21H34O4. The quantitative estimate of drug-likeness (QED) is 0.420. The third-order valence-electron chi connectivity index (χ3n) is 5.96. The molecule has 1 saturated carbocycles. The van der Waals surface area contributed by atoms with Gasteiger partial charge in [0.05, 0.1) is 6.10 Å². The molecule has 0 bridgehead atoms. The van der Waals surface area contributed by atoms with Crippen molar-refractivity contribution in [2.24, 2.45) is 11.8 Å². The molecule has 0 aliphatic heterocycles. The van der Waals surface area contributed by atoms with Crippen LogP contribution >= 0.6 is 0 Å². The first-order valence-corrected chi connectivity index (χ1v) is 10.2. The highest BCUT2D eigenvalue weighted by Crippen LogP contribution is 2.34. The van der Waals surface area contributed by atoms with Crippen LogP contribution in [0.15, 0.2) is 11.6 Å². The summed E-state index contributed by atoms with van der Waals surface area (Å²) in [6, 6.07) is 0. The van der Waals surface area contributed by atoms with E-state index in [9.17, 15) is 14.7 Å². The van der Waals surface area contributed by atoms with Crippen LogP contribution in [0.1, 0.15) is 89.9 Å². The highest BCUT2D eigenvalue weighted by atomic mass is 16.4. The fraction of sp³-hybridized carbons (Fsp3) is 0.810. The Labute approximate surface area is 151 Å². The van der Waals surface area contributed by atoms with Crippen molar-refractivity contribution >= 4 is 11.8 Å². The van der Waals surface area contributed by atoms with Crippen molar-refractivity contribution in [1.82, 2.24) is 0 Å². The number of carboxylic acid groups (broad SMARTS) is 1.